The van der Waals surface area contributed by atoms with E-state index in [0.29, 0.717) is 5.02 Å². The maximum Gasteiger partial charge on any atom is 0.243 e. The van der Waals surface area contributed by atoms with Gasteiger partial charge in [-0.1, -0.05) is 43.1 Å². The second-order valence-electron chi connectivity index (χ2n) is 6.58. The molecule has 2 aromatic carbocycles. The van der Waals surface area contributed by atoms with Gasteiger partial charge in [0.2, 0.25) is 15.9 Å². The summed E-state index contributed by atoms with van der Waals surface area (Å²) in [7, 11) is -4.03. The molecule has 0 radical (unpaired) electrons. The first-order valence-corrected chi connectivity index (χ1v) is 10.8. The van der Waals surface area contributed by atoms with E-state index in [9.17, 15) is 17.6 Å². The summed E-state index contributed by atoms with van der Waals surface area (Å²) in [6.45, 7) is 3.19. The van der Waals surface area contributed by atoms with Crippen molar-refractivity contribution in [3.63, 3.8) is 0 Å². The lowest BCUT2D eigenvalue weighted by Crippen LogP contribution is -2.43. The third-order valence-corrected chi connectivity index (χ3v) is 6.26. The number of benzene rings is 2. The molecule has 0 aliphatic rings. The molecule has 8 heteroatoms. The summed E-state index contributed by atoms with van der Waals surface area (Å²) < 4.78 is 41.3. The zero-order valence-corrected chi connectivity index (χ0v) is 17.4. The van der Waals surface area contributed by atoms with E-state index in [1.54, 1.807) is 6.07 Å². The fraction of sp³-hybridized carbons (Fsp3) is 0.350. The van der Waals surface area contributed by atoms with Crippen molar-refractivity contribution in [1.29, 1.82) is 0 Å². The second-order valence-corrected chi connectivity index (χ2v) is 8.95. The molecule has 0 unspecified atom stereocenters. The van der Waals surface area contributed by atoms with Crippen LogP contribution in [0.1, 0.15) is 32.3 Å². The van der Waals surface area contributed by atoms with E-state index in [2.05, 4.69) is 5.32 Å². The number of nitrogens with one attached hydrogen (secondary N) is 1. The second kappa shape index (κ2) is 10.0. The van der Waals surface area contributed by atoms with Crippen LogP contribution in [0.15, 0.2) is 53.4 Å². The van der Waals surface area contributed by atoms with Crippen molar-refractivity contribution in [3.05, 3.63) is 64.9 Å². The Morgan fingerprint density at radius 1 is 1.18 bits per heavy atom. The van der Waals surface area contributed by atoms with E-state index < -0.39 is 28.3 Å². The van der Waals surface area contributed by atoms with Crippen molar-refractivity contribution >= 4 is 27.5 Å². The number of rotatable bonds is 9. The topological polar surface area (TPSA) is 66.5 Å². The molecule has 0 aliphatic heterocycles. The SMILES string of the molecule is CCC[C@@H](C)NC(=O)CN(Cc1ccccc1F)S(=O)(=O)c1ccc(Cl)cc1. The largest absolute Gasteiger partial charge is 0.353 e. The molecule has 1 N–H and O–H groups in total. The van der Waals surface area contributed by atoms with Crippen molar-refractivity contribution in [1.82, 2.24) is 9.62 Å². The lowest BCUT2D eigenvalue weighted by atomic mass is 10.2. The average Bonchev–Trinajstić information content (AvgIpc) is 2.63. The van der Waals surface area contributed by atoms with E-state index in [1.165, 1.54) is 42.5 Å². The van der Waals surface area contributed by atoms with Gasteiger partial charge in [-0.25, -0.2) is 12.8 Å². The van der Waals surface area contributed by atoms with Crippen molar-refractivity contribution in [2.45, 2.75) is 44.2 Å². The molecule has 0 aromatic heterocycles. The molecule has 0 heterocycles. The number of nitrogens with zero attached hydrogens (tertiary/aromatic N) is 1. The molecule has 28 heavy (non-hydrogen) atoms. The van der Waals surface area contributed by atoms with Gasteiger partial charge in [0.1, 0.15) is 5.82 Å². The van der Waals surface area contributed by atoms with Crippen molar-refractivity contribution in [2.75, 3.05) is 6.54 Å². The van der Waals surface area contributed by atoms with Gasteiger partial charge in [-0.15, -0.1) is 0 Å². The summed E-state index contributed by atoms with van der Waals surface area (Å²) >= 11 is 5.84. The number of sulfonamides is 1. The number of hydrogen-bond acceptors (Lipinski definition) is 3. The van der Waals surface area contributed by atoms with Crippen LogP contribution in [-0.2, 0) is 21.4 Å². The van der Waals surface area contributed by atoms with E-state index in [1.807, 2.05) is 13.8 Å². The maximum atomic E-state index is 14.1. The Morgan fingerprint density at radius 2 is 1.82 bits per heavy atom. The molecular formula is C20H24ClFN2O3S. The minimum absolute atomic E-state index is 0.0114. The summed E-state index contributed by atoms with van der Waals surface area (Å²) in [6.07, 6.45) is 1.67. The molecular weight excluding hydrogens is 403 g/mol. The normalized spacial score (nSPS) is 12.8. The third-order valence-electron chi connectivity index (χ3n) is 4.20. The van der Waals surface area contributed by atoms with Crippen LogP contribution in [0.3, 0.4) is 0 Å². The number of amides is 1. The molecule has 1 amide bonds. The average molecular weight is 427 g/mol. The van der Waals surface area contributed by atoms with Gasteiger partial charge in [-0.05, 0) is 43.7 Å². The van der Waals surface area contributed by atoms with Gasteiger partial charge in [0.05, 0.1) is 11.4 Å². The van der Waals surface area contributed by atoms with Gasteiger partial charge in [0.25, 0.3) is 0 Å². The molecule has 0 aliphatic carbocycles. The Morgan fingerprint density at radius 3 is 2.43 bits per heavy atom. The van der Waals surface area contributed by atoms with Crippen LogP contribution >= 0.6 is 11.6 Å². The fourth-order valence-electron chi connectivity index (χ4n) is 2.78. The number of halogens is 2. The first-order valence-electron chi connectivity index (χ1n) is 9.02. The van der Waals surface area contributed by atoms with Gasteiger partial charge < -0.3 is 5.32 Å². The molecule has 5 nitrogen and oxygen atoms in total. The van der Waals surface area contributed by atoms with Crippen LogP contribution in [0.25, 0.3) is 0 Å². The summed E-state index contributed by atoms with van der Waals surface area (Å²) in [6, 6.07) is 11.5. The van der Waals surface area contributed by atoms with E-state index in [0.717, 1.165) is 17.1 Å². The monoisotopic (exact) mass is 426 g/mol. The molecule has 2 rings (SSSR count). The van der Waals surface area contributed by atoms with Crippen LogP contribution in [0.2, 0.25) is 5.02 Å². The van der Waals surface area contributed by atoms with E-state index in [4.69, 9.17) is 11.6 Å². The minimum Gasteiger partial charge on any atom is -0.353 e. The standard InChI is InChI=1S/C20H24ClFN2O3S/c1-3-6-15(2)23-20(25)14-24(13-16-7-4-5-8-19(16)22)28(26,27)18-11-9-17(21)10-12-18/h4-5,7-12,15H,3,6,13-14H2,1-2H3,(H,23,25)/t15-/m1/s1. The van der Waals surface area contributed by atoms with Gasteiger partial charge in [0, 0.05) is 23.2 Å². The zero-order chi connectivity index (χ0) is 20.7. The first-order chi connectivity index (χ1) is 13.2. The summed E-state index contributed by atoms with van der Waals surface area (Å²) in [5.41, 5.74) is 0.189. The Labute approximate surface area is 170 Å². The lowest BCUT2D eigenvalue weighted by molar-refractivity contribution is -0.122. The Bertz CT molecular complexity index is 904. The highest BCUT2D eigenvalue weighted by molar-refractivity contribution is 7.89. The number of hydrogen-bond donors (Lipinski definition) is 1. The van der Waals surface area contributed by atoms with Crippen LogP contribution in [0.4, 0.5) is 4.39 Å². The van der Waals surface area contributed by atoms with Gasteiger partial charge >= 0.3 is 0 Å². The van der Waals surface area contributed by atoms with Crippen molar-refractivity contribution in [3.8, 4) is 0 Å². The van der Waals surface area contributed by atoms with E-state index in [-0.39, 0.29) is 23.0 Å². The number of carbonyl (C=O) groups excluding carboxylic acids is 1. The Kier molecular flexibility index (Phi) is 7.98. The van der Waals surface area contributed by atoms with Crippen molar-refractivity contribution in [2.24, 2.45) is 0 Å². The molecule has 0 fully saturated rings. The molecule has 152 valence electrons. The minimum atomic E-state index is -4.03. The van der Waals surface area contributed by atoms with Crippen LogP contribution in [0, 0.1) is 5.82 Å². The Hall–Kier alpha value is -1.96. The zero-order valence-electron chi connectivity index (χ0n) is 15.9. The number of carbonyl (C=O) groups is 1. The first kappa shape index (κ1) is 22.3. The summed E-state index contributed by atoms with van der Waals surface area (Å²) in [4.78, 5) is 12.4. The van der Waals surface area contributed by atoms with Crippen LogP contribution in [0.5, 0.6) is 0 Å². The predicted octanol–water partition coefficient (Wildman–Crippen LogP) is 3.97. The quantitative estimate of drug-likeness (QED) is 0.659. The van der Waals surface area contributed by atoms with E-state index >= 15 is 0 Å². The molecule has 0 saturated heterocycles. The molecule has 1 atom stereocenters. The predicted molar refractivity (Wildman–Crippen MR) is 108 cm³/mol. The van der Waals surface area contributed by atoms with Crippen molar-refractivity contribution < 1.29 is 17.6 Å². The molecule has 0 bridgehead atoms. The van der Waals surface area contributed by atoms with Gasteiger partial charge in [-0.3, -0.25) is 4.79 Å². The maximum absolute atomic E-state index is 14.1. The van der Waals surface area contributed by atoms with Crippen LogP contribution < -0.4 is 5.32 Å². The fourth-order valence-corrected chi connectivity index (χ4v) is 4.28. The summed E-state index contributed by atoms with van der Waals surface area (Å²) in [5, 5.41) is 3.18. The molecule has 0 spiro atoms. The Balaban J connectivity index is 2.31. The summed E-state index contributed by atoms with van der Waals surface area (Å²) in [5.74, 6) is -0.964. The molecule has 0 saturated carbocycles. The smallest absolute Gasteiger partial charge is 0.243 e. The highest BCUT2D eigenvalue weighted by Crippen LogP contribution is 2.21. The third kappa shape index (κ3) is 6.02. The van der Waals surface area contributed by atoms with Gasteiger partial charge in [-0.2, -0.15) is 4.31 Å². The lowest BCUT2D eigenvalue weighted by Gasteiger charge is -2.23. The van der Waals surface area contributed by atoms with Gasteiger partial charge in [0.15, 0.2) is 0 Å². The molecule has 2 aromatic rings. The highest BCUT2D eigenvalue weighted by atomic mass is 35.5. The van der Waals surface area contributed by atoms with Crippen LogP contribution in [-0.4, -0.2) is 31.2 Å². The highest BCUT2D eigenvalue weighted by Gasteiger charge is 2.28.